The minimum atomic E-state index is 0.504. The molecule has 0 aromatic carbocycles. The molecular weight excluding hydrogens is 184 g/mol. The van der Waals surface area contributed by atoms with E-state index in [9.17, 15) is 0 Å². The molecule has 2 heteroatoms. The van der Waals surface area contributed by atoms with Crippen LogP contribution in [0.2, 0.25) is 0 Å². The van der Waals surface area contributed by atoms with Crippen LogP contribution in [0.5, 0.6) is 0 Å². The van der Waals surface area contributed by atoms with Crippen molar-refractivity contribution in [3.63, 3.8) is 0 Å². The van der Waals surface area contributed by atoms with Crippen LogP contribution in [0, 0.1) is 22.7 Å². The van der Waals surface area contributed by atoms with E-state index in [4.69, 9.17) is 5.73 Å². The summed E-state index contributed by atoms with van der Waals surface area (Å²) in [7, 11) is 0. The van der Waals surface area contributed by atoms with E-state index >= 15 is 0 Å². The number of hydrogen-bond acceptors (Lipinski definition) is 2. The van der Waals surface area contributed by atoms with Crippen molar-refractivity contribution in [2.24, 2.45) is 28.4 Å². The third-order valence-corrected chi connectivity index (χ3v) is 5.01. The lowest BCUT2D eigenvalue weighted by Crippen LogP contribution is -2.30. The van der Waals surface area contributed by atoms with Crippen molar-refractivity contribution in [2.75, 3.05) is 19.6 Å². The van der Waals surface area contributed by atoms with Crippen molar-refractivity contribution in [1.82, 2.24) is 5.32 Å². The topological polar surface area (TPSA) is 38.0 Å². The zero-order valence-corrected chi connectivity index (χ0v) is 11.1. The molecule has 1 aliphatic rings. The van der Waals surface area contributed by atoms with E-state index in [2.05, 4.69) is 39.9 Å². The highest BCUT2D eigenvalue weighted by Crippen LogP contribution is 2.67. The van der Waals surface area contributed by atoms with Gasteiger partial charge in [-0.2, -0.15) is 0 Å². The van der Waals surface area contributed by atoms with Gasteiger partial charge in [-0.25, -0.2) is 0 Å². The minimum absolute atomic E-state index is 0.504. The zero-order chi connectivity index (χ0) is 11.7. The Hall–Kier alpha value is -0.0800. The maximum Gasteiger partial charge on any atom is -0.000844 e. The fourth-order valence-corrected chi connectivity index (χ4v) is 2.67. The number of nitrogens with two attached hydrogens (primary N) is 1. The van der Waals surface area contributed by atoms with Gasteiger partial charge in [0, 0.05) is 0 Å². The average Bonchev–Trinajstić information content (AvgIpc) is 2.54. The molecule has 0 aromatic heterocycles. The van der Waals surface area contributed by atoms with E-state index in [0.717, 1.165) is 25.6 Å². The fourth-order valence-electron chi connectivity index (χ4n) is 2.67. The Kier molecular flexibility index (Phi) is 3.83. The maximum absolute atomic E-state index is 5.68. The molecule has 2 nitrogen and oxygen atoms in total. The summed E-state index contributed by atoms with van der Waals surface area (Å²) in [5.74, 6) is 1.47. The van der Waals surface area contributed by atoms with Crippen LogP contribution in [0.15, 0.2) is 0 Å². The molecule has 0 saturated heterocycles. The van der Waals surface area contributed by atoms with E-state index in [1.54, 1.807) is 0 Å². The lowest BCUT2D eigenvalue weighted by atomic mass is 10.0. The summed E-state index contributed by atoms with van der Waals surface area (Å²) < 4.78 is 0. The van der Waals surface area contributed by atoms with E-state index < -0.39 is 0 Å². The van der Waals surface area contributed by atoms with Gasteiger partial charge in [-0.05, 0) is 42.3 Å². The summed E-state index contributed by atoms with van der Waals surface area (Å²) in [6.45, 7) is 14.7. The first-order chi connectivity index (χ1) is 6.87. The molecule has 1 saturated carbocycles. The highest BCUT2D eigenvalue weighted by molar-refractivity contribution is 5.12. The van der Waals surface area contributed by atoms with E-state index in [0.29, 0.717) is 16.7 Å². The summed E-state index contributed by atoms with van der Waals surface area (Å²) in [6, 6.07) is 0. The molecule has 0 spiro atoms. The smallest absolute Gasteiger partial charge is 0.000844 e. The molecule has 1 unspecified atom stereocenters. The van der Waals surface area contributed by atoms with Gasteiger partial charge in [0.15, 0.2) is 0 Å². The van der Waals surface area contributed by atoms with E-state index in [-0.39, 0.29) is 0 Å². The highest BCUT2D eigenvalue weighted by Gasteiger charge is 2.63. The number of rotatable bonds is 6. The summed E-state index contributed by atoms with van der Waals surface area (Å²) in [5, 5.41) is 3.58. The van der Waals surface area contributed by atoms with Crippen LogP contribution in [0.25, 0.3) is 0 Å². The molecule has 0 heterocycles. The Morgan fingerprint density at radius 2 is 1.73 bits per heavy atom. The summed E-state index contributed by atoms with van der Waals surface area (Å²) in [6.07, 6.45) is 1.18. The Bertz CT molecular complexity index is 191. The van der Waals surface area contributed by atoms with Crippen LogP contribution in [0.1, 0.15) is 41.0 Å². The van der Waals surface area contributed by atoms with Crippen molar-refractivity contribution in [1.29, 1.82) is 0 Å². The van der Waals surface area contributed by atoms with Gasteiger partial charge in [0.05, 0.1) is 0 Å². The van der Waals surface area contributed by atoms with Crippen molar-refractivity contribution >= 4 is 0 Å². The molecule has 1 aliphatic carbocycles. The second-order valence-electron chi connectivity index (χ2n) is 6.16. The standard InChI is InChI=1S/C13H28N2/c1-6-10(7-14)8-15-9-11-12(2,3)13(11,4)5/h10-11,15H,6-9,14H2,1-5H3. The molecule has 1 atom stereocenters. The van der Waals surface area contributed by atoms with Gasteiger partial charge >= 0.3 is 0 Å². The Balaban J connectivity index is 2.23. The van der Waals surface area contributed by atoms with E-state index in [1.807, 2.05) is 0 Å². The zero-order valence-electron chi connectivity index (χ0n) is 11.1. The molecule has 0 bridgehead atoms. The average molecular weight is 212 g/mol. The summed E-state index contributed by atoms with van der Waals surface area (Å²) >= 11 is 0. The lowest BCUT2D eigenvalue weighted by Gasteiger charge is -2.13. The van der Waals surface area contributed by atoms with Gasteiger partial charge in [-0.3, -0.25) is 0 Å². The third-order valence-electron chi connectivity index (χ3n) is 5.01. The fraction of sp³-hybridized carbons (Fsp3) is 1.00. The largest absolute Gasteiger partial charge is 0.330 e. The Morgan fingerprint density at radius 1 is 1.20 bits per heavy atom. The van der Waals surface area contributed by atoms with Crippen LogP contribution in [-0.2, 0) is 0 Å². The van der Waals surface area contributed by atoms with Crippen LogP contribution >= 0.6 is 0 Å². The second-order valence-corrected chi connectivity index (χ2v) is 6.16. The highest BCUT2D eigenvalue weighted by atomic mass is 14.9. The Labute approximate surface area is 95.0 Å². The molecule has 90 valence electrons. The van der Waals surface area contributed by atoms with Crippen LogP contribution < -0.4 is 11.1 Å². The molecule has 0 aromatic rings. The van der Waals surface area contributed by atoms with Crippen LogP contribution in [-0.4, -0.2) is 19.6 Å². The molecule has 0 radical (unpaired) electrons. The molecule has 15 heavy (non-hydrogen) atoms. The van der Waals surface area contributed by atoms with Gasteiger partial charge in [-0.15, -0.1) is 0 Å². The molecule has 3 N–H and O–H groups in total. The molecule has 0 aliphatic heterocycles. The molecular formula is C13H28N2. The lowest BCUT2D eigenvalue weighted by molar-refractivity contribution is 0.445. The van der Waals surface area contributed by atoms with Gasteiger partial charge in [0.1, 0.15) is 0 Å². The quantitative estimate of drug-likeness (QED) is 0.708. The van der Waals surface area contributed by atoms with Crippen molar-refractivity contribution < 1.29 is 0 Å². The Morgan fingerprint density at radius 3 is 2.07 bits per heavy atom. The SMILES string of the molecule is CCC(CN)CNCC1C(C)(C)C1(C)C. The minimum Gasteiger partial charge on any atom is -0.330 e. The van der Waals surface area contributed by atoms with E-state index in [1.165, 1.54) is 6.42 Å². The number of hydrogen-bond donors (Lipinski definition) is 2. The second kappa shape index (κ2) is 4.42. The molecule has 1 fully saturated rings. The van der Waals surface area contributed by atoms with Gasteiger partial charge in [-0.1, -0.05) is 41.0 Å². The maximum atomic E-state index is 5.68. The van der Waals surface area contributed by atoms with Gasteiger partial charge in [0.2, 0.25) is 0 Å². The molecule has 1 rings (SSSR count). The van der Waals surface area contributed by atoms with Crippen molar-refractivity contribution in [3.05, 3.63) is 0 Å². The predicted molar refractivity (Wildman–Crippen MR) is 66.8 cm³/mol. The first kappa shape index (κ1) is 13.0. The molecule has 0 amide bonds. The predicted octanol–water partition coefficient (Wildman–Crippen LogP) is 2.24. The van der Waals surface area contributed by atoms with Crippen LogP contribution in [0.3, 0.4) is 0 Å². The van der Waals surface area contributed by atoms with Gasteiger partial charge in [0.25, 0.3) is 0 Å². The first-order valence-electron chi connectivity index (χ1n) is 6.28. The summed E-state index contributed by atoms with van der Waals surface area (Å²) in [4.78, 5) is 0. The summed E-state index contributed by atoms with van der Waals surface area (Å²) in [5.41, 5.74) is 6.69. The number of nitrogens with one attached hydrogen (secondary N) is 1. The van der Waals surface area contributed by atoms with Crippen molar-refractivity contribution in [3.8, 4) is 0 Å². The first-order valence-corrected chi connectivity index (χ1v) is 6.28. The third kappa shape index (κ3) is 2.36. The normalized spacial score (nSPS) is 25.2. The van der Waals surface area contributed by atoms with Gasteiger partial charge < -0.3 is 11.1 Å². The van der Waals surface area contributed by atoms with Crippen LogP contribution in [0.4, 0.5) is 0 Å². The van der Waals surface area contributed by atoms with Crippen molar-refractivity contribution in [2.45, 2.75) is 41.0 Å². The monoisotopic (exact) mass is 212 g/mol.